The highest BCUT2D eigenvalue weighted by molar-refractivity contribution is 5.37. The van der Waals surface area contributed by atoms with Gasteiger partial charge in [-0.1, -0.05) is 29.9 Å². The van der Waals surface area contributed by atoms with Crippen LogP contribution in [0.2, 0.25) is 0 Å². The number of rotatable bonds is 2. The van der Waals surface area contributed by atoms with Crippen molar-refractivity contribution in [1.29, 1.82) is 0 Å². The molecule has 0 saturated heterocycles. The number of fused-ring (bicyclic) bond motifs is 4. The van der Waals surface area contributed by atoms with Crippen molar-refractivity contribution in [3.05, 3.63) is 11.1 Å². The van der Waals surface area contributed by atoms with E-state index >= 15 is 0 Å². The first-order chi connectivity index (χ1) is 13.9. The molecule has 5 aliphatic rings. The van der Waals surface area contributed by atoms with E-state index in [1.165, 1.54) is 6.42 Å². The lowest BCUT2D eigenvalue weighted by atomic mass is 9.52. The lowest BCUT2D eigenvalue weighted by Gasteiger charge is -2.54. The molecule has 4 nitrogen and oxygen atoms in total. The first-order valence-electron chi connectivity index (χ1n) is 11.5. The van der Waals surface area contributed by atoms with Gasteiger partial charge in [0, 0.05) is 37.9 Å². The van der Waals surface area contributed by atoms with Crippen LogP contribution in [-0.4, -0.2) is 42.4 Å². The maximum Gasteiger partial charge on any atom is 0.171 e. The molecule has 2 N–H and O–H groups in total. The van der Waals surface area contributed by atoms with Gasteiger partial charge in [-0.2, -0.15) is 0 Å². The summed E-state index contributed by atoms with van der Waals surface area (Å²) in [6, 6.07) is 0. The van der Waals surface area contributed by atoms with Crippen LogP contribution in [0.5, 0.6) is 0 Å². The van der Waals surface area contributed by atoms with Crippen LogP contribution >= 0.6 is 0 Å². The number of methoxy groups -OCH3 is 2. The van der Waals surface area contributed by atoms with E-state index in [4.69, 9.17) is 9.47 Å². The van der Waals surface area contributed by atoms with Crippen molar-refractivity contribution in [1.82, 2.24) is 0 Å². The molecule has 0 radical (unpaired) electrons. The SMILES string of the molecule is COC1(OC)CCC2=C(CCC3C2CC[C@@]2(C)C3CC3(CC3)C2(O)C#CCO)C1. The van der Waals surface area contributed by atoms with E-state index < -0.39 is 11.4 Å². The second kappa shape index (κ2) is 6.57. The fraction of sp³-hybridized carbons (Fsp3) is 0.840. The highest BCUT2D eigenvalue weighted by Gasteiger charge is 2.75. The Morgan fingerprint density at radius 3 is 2.48 bits per heavy atom. The summed E-state index contributed by atoms with van der Waals surface area (Å²) in [6.07, 6.45) is 10.8. The van der Waals surface area contributed by atoms with E-state index in [0.717, 1.165) is 57.8 Å². The molecule has 5 rings (SSSR count). The molecule has 0 aromatic rings. The van der Waals surface area contributed by atoms with Crippen LogP contribution in [0.3, 0.4) is 0 Å². The highest BCUT2D eigenvalue weighted by Crippen LogP contribution is 2.76. The molecule has 4 unspecified atom stereocenters. The monoisotopic (exact) mass is 400 g/mol. The molecule has 4 heteroatoms. The van der Waals surface area contributed by atoms with Crippen molar-refractivity contribution in [2.75, 3.05) is 20.8 Å². The number of hydrogen-bond acceptors (Lipinski definition) is 4. The van der Waals surface area contributed by atoms with Crippen molar-refractivity contribution < 1.29 is 19.7 Å². The van der Waals surface area contributed by atoms with Crippen LogP contribution in [0.1, 0.15) is 71.1 Å². The minimum absolute atomic E-state index is 0.0219. The summed E-state index contributed by atoms with van der Waals surface area (Å²) >= 11 is 0. The summed E-state index contributed by atoms with van der Waals surface area (Å²) in [5.41, 5.74) is 2.17. The van der Waals surface area contributed by atoms with E-state index in [2.05, 4.69) is 18.8 Å². The third kappa shape index (κ3) is 2.54. The first kappa shape index (κ1) is 20.1. The Balaban J connectivity index is 1.47. The molecule has 160 valence electrons. The third-order valence-corrected chi connectivity index (χ3v) is 9.92. The minimum atomic E-state index is -0.930. The van der Waals surface area contributed by atoms with E-state index in [1.54, 1.807) is 25.4 Å². The molecule has 5 aliphatic carbocycles. The minimum Gasteiger partial charge on any atom is -0.384 e. The molecule has 0 aromatic heterocycles. The fourth-order valence-corrected chi connectivity index (χ4v) is 8.10. The Hall–Kier alpha value is -0.860. The number of ether oxygens (including phenoxy) is 2. The molecule has 0 amide bonds. The first-order valence-corrected chi connectivity index (χ1v) is 11.5. The molecule has 5 atom stereocenters. The molecular formula is C25H36O4. The van der Waals surface area contributed by atoms with Gasteiger partial charge < -0.3 is 19.7 Å². The zero-order valence-electron chi connectivity index (χ0n) is 18.2. The van der Waals surface area contributed by atoms with Gasteiger partial charge in [-0.05, 0) is 69.1 Å². The lowest BCUT2D eigenvalue weighted by molar-refractivity contribution is -0.213. The zero-order chi connectivity index (χ0) is 20.5. The second-order valence-electron chi connectivity index (χ2n) is 10.7. The summed E-state index contributed by atoms with van der Waals surface area (Å²) in [6.45, 7) is 2.14. The Morgan fingerprint density at radius 2 is 1.83 bits per heavy atom. The van der Waals surface area contributed by atoms with Gasteiger partial charge in [-0.25, -0.2) is 0 Å². The maximum absolute atomic E-state index is 11.9. The van der Waals surface area contributed by atoms with E-state index in [0.29, 0.717) is 17.8 Å². The lowest BCUT2D eigenvalue weighted by Crippen LogP contribution is -2.53. The van der Waals surface area contributed by atoms with Crippen LogP contribution in [0.4, 0.5) is 0 Å². The van der Waals surface area contributed by atoms with Gasteiger partial charge in [0.1, 0.15) is 12.2 Å². The van der Waals surface area contributed by atoms with Crippen LogP contribution in [-0.2, 0) is 9.47 Å². The van der Waals surface area contributed by atoms with Gasteiger partial charge >= 0.3 is 0 Å². The topological polar surface area (TPSA) is 58.9 Å². The van der Waals surface area contributed by atoms with Crippen LogP contribution in [0.25, 0.3) is 0 Å². The number of aliphatic hydroxyl groups is 2. The number of allylic oxidation sites excluding steroid dienone is 1. The van der Waals surface area contributed by atoms with Gasteiger partial charge in [-0.3, -0.25) is 0 Å². The van der Waals surface area contributed by atoms with Crippen molar-refractivity contribution in [3.8, 4) is 11.8 Å². The summed E-state index contributed by atoms with van der Waals surface area (Å²) in [5.74, 6) is 7.45. The normalized spacial score (nSPS) is 43.8. The molecule has 3 saturated carbocycles. The van der Waals surface area contributed by atoms with Gasteiger partial charge in [0.15, 0.2) is 5.79 Å². The average molecular weight is 401 g/mol. The van der Waals surface area contributed by atoms with Crippen LogP contribution < -0.4 is 0 Å². The van der Waals surface area contributed by atoms with Crippen LogP contribution in [0.15, 0.2) is 11.1 Å². The van der Waals surface area contributed by atoms with E-state index in [-0.39, 0.29) is 17.4 Å². The fourth-order valence-electron chi connectivity index (χ4n) is 8.10. The van der Waals surface area contributed by atoms with Gasteiger partial charge in [0.05, 0.1) is 0 Å². The van der Waals surface area contributed by atoms with E-state index in [9.17, 15) is 10.2 Å². The molecule has 3 fully saturated rings. The van der Waals surface area contributed by atoms with Crippen molar-refractivity contribution in [2.24, 2.45) is 28.6 Å². The molecule has 29 heavy (non-hydrogen) atoms. The summed E-state index contributed by atoms with van der Waals surface area (Å²) < 4.78 is 11.5. The number of hydrogen-bond donors (Lipinski definition) is 2. The smallest absolute Gasteiger partial charge is 0.171 e. The Labute approximate surface area is 175 Å². The molecule has 0 bridgehead atoms. The molecule has 0 aromatic carbocycles. The second-order valence-corrected chi connectivity index (χ2v) is 10.7. The zero-order valence-corrected chi connectivity index (χ0v) is 18.2. The molecule has 0 aliphatic heterocycles. The quantitative estimate of drug-likeness (QED) is 0.420. The summed E-state index contributed by atoms with van der Waals surface area (Å²) in [7, 11) is 3.54. The number of aliphatic hydroxyl groups excluding tert-OH is 1. The third-order valence-electron chi connectivity index (χ3n) is 9.92. The standard InChI is InChI=1S/C25H36O4/c1-22-10-7-19-18-8-11-24(28-2,29-3)15-17(18)5-6-20(19)21(22)16-23(12-13-23)25(22,27)9-4-14-26/h19-21,26-27H,5-8,10-16H2,1-3H3/t19?,20?,21?,22-,25?/m0/s1. The Morgan fingerprint density at radius 1 is 1.07 bits per heavy atom. The van der Waals surface area contributed by atoms with Crippen molar-refractivity contribution in [2.45, 2.75) is 82.5 Å². The van der Waals surface area contributed by atoms with Crippen molar-refractivity contribution in [3.63, 3.8) is 0 Å². The summed E-state index contributed by atoms with van der Waals surface area (Å²) in [5, 5.41) is 21.2. The van der Waals surface area contributed by atoms with Gasteiger partial charge in [0.2, 0.25) is 0 Å². The molecule has 1 spiro atoms. The largest absolute Gasteiger partial charge is 0.384 e. The Bertz CT molecular complexity index is 780. The predicted molar refractivity (Wildman–Crippen MR) is 111 cm³/mol. The predicted octanol–water partition coefficient (Wildman–Crippen LogP) is 3.81. The van der Waals surface area contributed by atoms with Gasteiger partial charge in [0.25, 0.3) is 0 Å². The van der Waals surface area contributed by atoms with Gasteiger partial charge in [-0.15, -0.1) is 0 Å². The average Bonchev–Trinajstić information content (AvgIpc) is 3.50. The summed E-state index contributed by atoms with van der Waals surface area (Å²) in [4.78, 5) is 0. The highest BCUT2D eigenvalue weighted by atomic mass is 16.7. The molecule has 0 heterocycles. The van der Waals surface area contributed by atoms with Crippen LogP contribution in [0, 0.1) is 40.4 Å². The Kier molecular flexibility index (Phi) is 4.54. The van der Waals surface area contributed by atoms with E-state index in [1.807, 2.05) is 0 Å². The van der Waals surface area contributed by atoms with Crippen molar-refractivity contribution >= 4 is 0 Å². The molecular weight excluding hydrogens is 364 g/mol. The maximum atomic E-state index is 11.9.